The van der Waals surface area contributed by atoms with Gasteiger partial charge in [0, 0.05) is 11.6 Å². The van der Waals surface area contributed by atoms with Crippen LogP contribution in [0.15, 0.2) is 24.3 Å². The van der Waals surface area contributed by atoms with E-state index < -0.39 is 0 Å². The molecule has 1 aromatic rings. The summed E-state index contributed by atoms with van der Waals surface area (Å²) in [7, 11) is 0. The molecule has 2 saturated carbocycles. The number of rotatable bonds is 3. The molecular formula is C18H25NO2. The van der Waals surface area contributed by atoms with Crippen LogP contribution in [0.4, 0.5) is 0 Å². The highest BCUT2D eigenvalue weighted by atomic mass is 16.3. The molecule has 3 unspecified atom stereocenters. The van der Waals surface area contributed by atoms with Gasteiger partial charge in [-0.1, -0.05) is 39.0 Å². The molecule has 114 valence electrons. The van der Waals surface area contributed by atoms with Gasteiger partial charge in [0.15, 0.2) is 0 Å². The molecule has 3 nitrogen and oxygen atoms in total. The van der Waals surface area contributed by atoms with Gasteiger partial charge < -0.3 is 10.4 Å². The number of hydrogen-bond acceptors (Lipinski definition) is 2. The minimum atomic E-state index is 0.0170. The first-order chi connectivity index (χ1) is 9.83. The number of nitrogens with one attached hydrogen (secondary N) is 1. The van der Waals surface area contributed by atoms with E-state index in [1.807, 2.05) is 12.1 Å². The third-order valence-corrected chi connectivity index (χ3v) is 5.92. The van der Waals surface area contributed by atoms with Crippen molar-refractivity contribution in [2.75, 3.05) is 0 Å². The van der Waals surface area contributed by atoms with Crippen molar-refractivity contribution >= 4 is 5.91 Å². The van der Waals surface area contributed by atoms with Crippen LogP contribution in [0.3, 0.4) is 0 Å². The predicted octanol–water partition coefficient (Wildman–Crippen LogP) is 3.27. The summed E-state index contributed by atoms with van der Waals surface area (Å²) in [4.78, 5) is 12.4. The lowest BCUT2D eigenvalue weighted by Crippen LogP contribution is -2.52. The Morgan fingerprint density at radius 2 is 2.05 bits per heavy atom. The molecule has 0 radical (unpaired) electrons. The zero-order valence-electron chi connectivity index (χ0n) is 13.1. The van der Waals surface area contributed by atoms with E-state index in [2.05, 4.69) is 26.1 Å². The lowest BCUT2D eigenvalue weighted by atomic mass is 9.68. The van der Waals surface area contributed by atoms with Gasteiger partial charge in [0.25, 0.3) is 0 Å². The van der Waals surface area contributed by atoms with Crippen LogP contribution < -0.4 is 5.32 Å². The number of para-hydroxylation sites is 1. The molecule has 2 fully saturated rings. The van der Waals surface area contributed by atoms with Gasteiger partial charge >= 0.3 is 0 Å². The monoisotopic (exact) mass is 287 g/mol. The maximum atomic E-state index is 12.4. The van der Waals surface area contributed by atoms with E-state index in [9.17, 15) is 9.90 Å². The summed E-state index contributed by atoms with van der Waals surface area (Å²) in [6.45, 7) is 6.88. The van der Waals surface area contributed by atoms with Crippen LogP contribution in [0.25, 0.3) is 0 Å². The standard InChI is InChI=1S/C18H25NO2/c1-17(2)13-8-9-18(3,11-13)16(17)19-15(21)10-12-6-4-5-7-14(12)20/h4-7,13,16,20H,8-11H2,1-3H3,(H,19,21). The molecular weight excluding hydrogens is 262 g/mol. The maximum Gasteiger partial charge on any atom is 0.224 e. The smallest absolute Gasteiger partial charge is 0.224 e. The molecule has 0 heterocycles. The number of amides is 1. The van der Waals surface area contributed by atoms with Crippen molar-refractivity contribution in [3.8, 4) is 5.75 Å². The Morgan fingerprint density at radius 1 is 1.33 bits per heavy atom. The minimum Gasteiger partial charge on any atom is -0.508 e. The summed E-state index contributed by atoms with van der Waals surface area (Å²) in [6, 6.07) is 7.30. The highest BCUT2D eigenvalue weighted by molar-refractivity contribution is 5.79. The number of carbonyl (C=O) groups is 1. The first-order valence-electron chi connectivity index (χ1n) is 7.89. The fourth-order valence-corrected chi connectivity index (χ4v) is 4.71. The highest BCUT2D eigenvalue weighted by Crippen LogP contribution is 2.62. The van der Waals surface area contributed by atoms with Crippen molar-refractivity contribution in [1.82, 2.24) is 5.32 Å². The number of phenols is 1. The summed E-state index contributed by atoms with van der Waals surface area (Å²) in [5, 5.41) is 13.1. The molecule has 2 N–H and O–H groups in total. The minimum absolute atomic E-state index is 0.0170. The Labute approximate surface area is 126 Å². The number of hydrogen-bond donors (Lipinski definition) is 2. The van der Waals surface area contributed by atoms with Crippen LogP contribution >= 0.6 is 0 Å². The lowest BCUT2D eigenvalue weighted by Gasteiger charge is -2.43. The second kappa shape index (κ2) is 4.75. The van der Waals surface area contributed by atoms with E-state index in [0.29, 0.717) is 5.56 Å². The van der Waals surface area contributed by atoms with Gasteiger partial charge in [-0.15, -0.1) is 0 Å². The first-order valence-corrected chi connectivity index (χ1v) is 7.89. The molecule has 0 aliphatic heterocycles. The summed E-state index contributed by atoms with van der Waals surface area (Å²) in [6.07, 6.45) is 3.97. The van der Waals surface area contributed by atoms with Crippen molar-refractivity contribution in [3.63, 3.8) is 0 Å². The van der Waals surface area contributed by atoms with E-state index >= 15 is 0 Å². The van der Waals surface area contributed by atoms with E-state index in [1.165, 1.54) is 19.3 Å². The molecule has 0 aromatic heterocycles. The van der Waals surface area contributed by atoms with Crippen LogP contribution in [-0.2, 0) is 11.2 Å². The Bertz CT molecular complexity index is 561. The third kappa shape index (κ3) is 2.33. The molecule has 2 aliphatic carbocycles. The number of aromatic hydroxyl groups is 1. The van der Waals surface area contributed by atoms with Gasteiger partial charge in [0.2, 0.25) is 5.91 Å². The second-order valence-electron chi connectivity index (χ2n) is 7.72. The fraction of sp³-hybridized carbons (Fsp3) is 0.611. The molecule has 1 amide bonds. The molecule has 2 bridgehead atoms. The quantitative estimate of drug-likeness (QED) is 0.896. The van der Waals surface area contributed by atoms with Gasteiger partial charge in [-0.3, -0.25) is 4.79 Å². The summed E-state index contributed by atoms with van der Waals surface area (Å²) < 4.78 is 0. The Morgan fingerprint density at radius 3 is 2.67 bits per heavy atom. The van der Waals surface area contributed by atoms with E-state index in [-0.39, 0.29) is 34.9 Å². The van der Waals surface area contributed by atoms with Gasteiger partial charge in [0.05, 0.1) is 6.42 Å². The van der Waals surface area contributed by atoms with Crippen LogP contribution in [0.2, 0.25) is 0 Å². The van der Waals surface area contributed by atoms with E-state index in [1.54, 1.807) is 12.1 Å². The largest absolute Gasteiger partial charge is 0.508 e. The Kier molecular flexibility index (Phi) is 3.27. The molecule has 3 heteroatoms. The summed E-state index contributed by atoms with van der Waals surface area (Å²) in [5.74, 6) is 0.937. The van der Waals surface area contributed by atoms with Gasteiger partial charge in [-0.2, -0.15) is 0 Å². The van der Waals surface area contributed by atoms with E-state index in [0.717, 1.165) is 5.92 Å². The highest BCUT2D eigenvalue weighted by Gasteiger charge is 2.59. The maximum absolute atomic E-state index is 12.4. The molecule has 0 spiro atoms. The van der Waals surface area contributed by atoms with Crippen molar-refractivity contribution in [1.29, 1.82) is 0 Å². The molecule has 2 aliphatic rings. The average Bonchev–Trinajstić information content (AvgIpc) is 2.89. The predicted molar refractivity (Wildman–Crippen MR) is 83.0 cm³/mol. The topological polar surface area (TPSA) is 49.3 Å². The number of carbonyl (C=O) groups excluding carboxylic acids is 1. The second-order valence-corrected chi connectivity index (χ2v) is 7.72. The van der Waals surface area contributed by atoms with Crippen molar-refractivity contribution < 1.29 is 9.90 Å². The number of fused-ring (bicyclic) bond motifs is 2. The number of phenolic OH excluding ortho intramolecular Hbond substituents is 1. The van der Waals surface area contributed by atoms with Crippen LogP contribution in [0.5, 0.6) is 5.75 Å². The van der Waals surface area contributed by atoms with Crippen molar-refractivity contribution in [3.05, 3.63) is 29.8 Å². The SMILES string of the molecule is CC12CCC(C1)C(C)(C)C2NC(=O)Cc1ccccc1O. The van der Waals surface area contributed by atoms with Crippen LogP contribution in [0, 0.1) is 16.7 Å². The zero-order valence-corrected chi connectivity index (χ0v) is 13.1. The van der Waals surface area contributed by atoms with Crippen LogP contribution in [-0.4, -0.2) is 17.1 Å². The normalized spacial score (nSPS) is 33.1. The van der Waals surface area contributed by atoms with Gasteiger partial charge in [-0.05, 0) is 42.1 Å². The third-order valence-electron chi connectivity index (χ3n) is 5.92. The van der Waals surface area contributed by atoms with Crippen LogP contribution in [0.1, 0.15) is 45.6 Å². The molecule has 3 atom stereocenters. The molecule has 0 saturated heterocycles. The fourth-order valence-electron chi connectivity index (χ4n) is 4.71. The summed E-state index contributed by atoms with van der Waals surface area (Å²) >= 11 is 0. The van der Waals surface area contributed by atoms with Gasteiger partial charge in [-0.25, -0.2) is 0 Å². The lowest BCUT2D eigenvalue weighted by molar-refractivity contribution is -0.123. The van der Waals surface area contributed by atoms with Crippen molar-refractivity contribution in [2.45, 2.75) is 52.5 Å². The molecule has 21 heavy (non-hydrogen) atoms. The average molecular weight is 287 g/mol. The van der Waals surface area contributed by atoms with Crippen molar-refractivity contribution in [2.24, 2.45) is 16.7 Å². The molecule has 1 aromatic carbocycles. The Hall–Kier alpha value is -1.51. The zero-order chi connectivity index (χ0) is 15.3. The Balaban J connectivity index is 1.72. The first kappa shape index (κ1) is 14.4. The number of benzene rings is 1. The summed E-state index contributed by atoms with van der Waals surface area (Å²) in [5.41, 5.74) is 1.10. The van der Waals surface area contributed by atoms with Gasteiger partial charge in [0.1, 0.15) is 5.75 Å². The van der Waals surface area contributed by atoms with E-state index in [4.69, 9.17) is 0 Å². The molecule has 3 rings (SSSR count).